The quantitative estimate of drug-likeness (QED) is 0.868. The van der Waals surface area contributed by atoms with E-state index < -0.39 is 11.4 Å². The Morgan fingerprint density at radius 3 is 2.78 bits per heavy atom. The topological polar surface area (TPSA) is 61.1 Å². The number of nitrogens with one attached hydrogen (secondary N) is 1. The first-order valence-electron chi connectivity index (χ1n) is 5.89. The van der Waals surface area contributed by atoms with Gasteiger partial charge in [-0.3, -0.25) is 4.98 Å². The number of furan rings is 1. The number of nitrogens with zero attached hydrogens (tertiary/aromatic N) is 1. The molecule has 0 saturated heterocycles. The second kappa shape index (κ2) is 4.91. The fourth-order valence-electron chi connectivity index (χ4n) is 1.51. The molecule has 0 amide bonds. The van der Waals surface area contributed by atoms with Gasteiger partial charge in [-0.15, -0.1) is 4.72 Å². The van der Waals surface area contributed by atoms with E-state index in [1.54, 1.807) is 12.4 Å². The summed E-state index contributed by atoms with van der Waals surface area (Å²) < 4.78 is 20.5. The Kier molecular flexibility index (Phi) is 3.66. The lowest BCUT2D eigenvalue weighted by Gasteiger charge is -2.25. The maximum atomic E-state index is 12.0. The van der Waals surface area contributed by atoms with Crippen LogP contribution in [-0.4, -0.2) is 14.3 Å². The molecular weight excluding hydrogens is 248 g/mol. The van der Waals surface area contributed by atoms with Crippen LogP contribution >= 0.6 is 0 Å². The molecule has 18 heavy (non-hydrogen) atoms. The largest absolute Gasteiger partial charge is 0.598 e. The van der Waals surface area contributed by atoms with Crippen molar-refractivity contribution in [3.05, 3.63) is 30.3 Å². The molecule has 0 fully saturated rings. The van der Waals surface area contributed by atoms with Crippen molar-refractivity contribution in [1.29, 1.82) is 0 Å². The van der Waals surface area contributed by atoms with Crippen LogP contribution in [0.3, 0.4) is 0 Å². The van der Waals surface area contributed by atoms with Crippen molar-refractivity contribution in [2.24, 2.45) is 0 Å². The zero-order valence-electron chi connectivity index (χ0n) is 11.1. The van der Waals surface area contributed by atoms with E-state index in [1.807, 2.05) is 39.8 Å². The van der Waals surface area contributed by atoms with Crippen molar-refractivity contribution in [2.45, 2.75) is 38.5 Å². The molecule has 0 bridgehead atoms. The first-order chi connectivity index (χ1) is 8.38. The van der Waals surface area contributed by atoms with Gasteiger partial charge in [0.05, 0.1) is 0 Å². The maximum absolute atomic E-state index is 12.0. The molecular formula is C13H18N2O2S. The van der Waals surface area contributed by atoms with Gasteiger partial charge in [0, 0.05) is 29.1 Å². The molecule has 0 radical (unpaired) electrons. The van der Waals surface area contributed by atoms with Crippen LogP contribution in [0.4, 0.5) is 0 Å². The predicted octanol–water partition coefficient (Wildman–Crippen LogP) is 2.94. The van der Waals surface area contributed by atoms with E-state index in [1.165, 1.54) is 0 Å². The van der Waals surface area contributed by atoms with E-state index in [4.69, 9.17) is 4.42 Å². The maximum Gasteiger partial charge on any atom is 0.137 e. The lowest BCUT2D eigenvalue weighted by Crippen LogP contribution is -2.40. The second-order valence-electron chi connectivity index (χ2n) is 5.28. The highest BCUT2D eigenvalue weighted by molar-refractivity contribution is 7.90. The summed E-state index contributed by atoms with van der Waals surface area (Å²) in [7, 11) is 0. The van der Waals surface area contributed by atoms with Gasteiger partial charge in [0.25, 0.3) is 0 Å². The molecule has 0 saturated carbocycles. The Hall–Kier alpha value is -1.04. The van der Waals surface area contributed by atoms with Crippen LogP contribution in [0.15, 0.2) is 28.9 Å². The Labute approximate surface area is 110 Å². The van der Waals surface area contributed by atoms with Gasteiger partial charge in [-0.2, -0.15) is 0 Å². The molecule has 0 aromatic carbocycles. The number of fused-ring (bicyclic) bond motifs is 1. The first kappa shape index (κ1) is 13.4. The average Bonchev–Trinajstić information content (AvgIpc) is 2.71. The van der Waals surface area contributed by atoms with Crippen molar-refractivity contribution in [3.8, 4) is 0 Å². The smallest absolute Gasteiger partial charge is 0.137 e. The standard InChI is InChI=1S/C13H18N2O2S/c1-9(15-18(16)13(2,3)4)12-7-10-8-14-6-5-11(10)17-12/h5-9,15H,1-4H3/t9?,18-/m0/s1. The highest BCUT2D eigenvalue weighted by atomic mass is 32.2. The van der Waals surface area contributed by atoms with E-state index in [-0.39, 0.29) is 10.8 Å². The van der Waals surface area contributed by atoms with Gasteiger partial charge in [0.15, 0.2) is 0 Å². The van der Waals surface area contributed by atoms with Crippen LogP contribution in [-0.2, 0) is 11.4 Å². The third kappa shape index (κ3) is 2.85. The molecule has 4 nitrogen and oxygen atoms in total. The van der Waals surface area contributed by atoms with Gasteiger partial charge in [-0.05, 0) is 39.8 Å². The summed E-state index contributed by atoms with van der Waals surface area (Å²) in [5.41, 5.74) is 0.801. The van der Waals surface area contributed by atoms with E-state index >= 15 is 0 Å². The molecule has 1 unspecified atom stereocenters. The van der Waals surface area contributed by atoms with Crippen LogP contribution < -0.4 is 4.72 Å². The van der Waals surface area contributed by atoms with Crippen molar-refractivity contribution in [2.75, 3.05) is 0 Å². The zero-order chi connectivity index (χ0) is 13.3. The molecule has 0 aliphatic heterocycles. The average molecular weight is 266 g/mol. The van der Waals surface area contributed by atoms with Crippen LogP contribution in [0.1, 0.15) is 39.5 Å². The van der Waals surface area contributed by atoms with Crippen LogP contribution in [0, 0.1) is 0 Å². The number of hydrogen-bond donors (Lipinski definition) is 1. The van der Waals surface area contributed by atoms with Crippen molar-refractivity contribution < 1.29 is 8.97 Å². The highest BCUT2D eigenvalue weighted by Gasteiger charge is 2.29. The van der Waals surface area contributed by atoms with Crippen LogP contribution in [0.25, 0.3) is 11.0 Å². The van der Waals surface area contributed by atoms with Crippen molar-refractivity contribution in [1.82, 2.24) is 9.71 Å². The Balaban J connectivity index is 2.16. The normalized spacial score (nSPS) is 15.8. The molecule has 0 aliphatic carbocycles. The van der Waals surface area contributed by atoms with Crippen LogP contribution in [0.2, 0.25) is 0 Å². The van der Waals surface area contributed by atoms with Gasteiger partial charge in [-0.25, -0.2) is 0 Å². The van der Waals surface area contributed by atoms with E-state index in [2.05, 4.69) is 9.71 Å². The van der Waals surface area contributed by atoms with E-state index in [0.29, 0.717) is 0 Å². The summed E-state index contributed by atoms with van der Waals surface area (Å²) >= 11 is -1.12. The number of hydrogen-bond acceptors (Lipinski definition) is 4. The second-order valence-corrected chi connectivity index (χ2v) is 7.28. The number of rotatable bonds is 3. The summed E-state index contributed by atoms with van der Waals surface area (Å²) in [6.45, 7) is 7.75. The van der Waals surface area contributed by atoms with Crippen LogP contribution in [0.5, 0.6) is 0 Å². The molecule has 1 N–H and O–H groups in total. The molecule has 98 valence electrons. The minimum atomic E-state index is -1.12. The molecule has 2 rings (SSSR count). The third-order valence-corrected chi connectivity index (χ3v) is 4.28. The summed E-state index contributed by atoms with van der Waals surface area (Å²) in [6.07, 6.45) is 3.46. The molecule has 5 heteroatoms. The SMILES string of the molecule is CC(N[S@@+]([O-])C(C)(C)C)c1cc2cnccc2o1. The molecule has 0 spiro atoms. The van der Waals surface area contributed by atoms with E-state index in [9.17, 15) is 4.55 Å². The van der Waals surface area contributed by atoms with Gasteiger partial charge < -0.3 is 8.97 Å². The Bertz CT molecular complexity index is 500. The van der Waals surface area contributed by atoms with E-state index in [0.717, 1.165) is 16.7 Å². The van der Waals surface area contributed by atoms with Crippen molar-refractivity contribution in [3.63, 3.8) is 0 Å². The van der Waals surface area contributed by atoms with Gasteiger partial charge in [-0.1, -0.05) is 0 Å². The monoisotopic (exact) mass is 266 g/mol. The molecule has 2 atom stereocenters. The van der Waals surface area contributed by atoms with Gasteiger partial charge >= 0.3 is 0 Å². The van der Waals surface area contributed by atoms with Gasteiger partial charge in [0.2, 0.25) is 0 Å². The minimum absolute atomic E-state index is 0.0996. The molecule has 2 aromatic heterocycles. The Morgan fingerprint density at radius 2 is 2.17 bits per heavy atom. The zero-order valence-corrected chi connectivity index (χ0v) is 11.9. The minimum Gasteiger partial charge on any atom is -0.598 e. The summed E-state index contributed by atoms with van der Waals surface area (Å²) in [6, 6.07) is 3.66. The Morgan fingerprint density at radius 1 is 1.44 bits per heavy atom. The lowest BCUT2D eigenvalue weighted by molar-refractivity contribution is 0.475. The fraction of sp³-hybridized carbons (Fsp3) is 0.462. The fourth-order valence-corrected chi connectivity index (χ4v) is 2.30. The molecule has 2 aromatic rings. The predicted molar refractivity (Wildman–Crippen MR) is 73.5 cm³/mol. The third-order valence-electron chi connectivity index (χ3n) is 2.60. The van der Waals surface area contributed by atoms with Crippen molar-refractivity contribution >= 4 is 22.3 Å². The molecule has 0 aliphatic rings. The number of aromatic nitrogens is 1. The lowest BCUT2D eigenvalue weighted by atomic mass is 10.2. The summed E-state index contributed by atoms with van der Waals surface area (Å²) in [4.78, 5) is 4.05. The number of pyridine rings is 1. The molecule has 2 heterocycles. The first-order valence-corrected chi connectivity index (χ1v) is 7.04. The highest BCUT2D eigenvalue weighted by Crippen LogP contribution is 2.25. The summed E-state index contributed by atoms with van der Waals surface area (Å²) in [5.74, 6) is 0.774. The van der Waals surface area contributed by atoms with Gasteiger partial charge in [0.1, 0.15) is 22.1 Å². The summed E-state index contributed by atoms with van der Waals surface area (Å²) in [5, 5.41) is 0.961.